The van der Waals surface area contributed by atoms with Gasteiger partial charge in [0.25, 0.3) is 0 Å². The molecule has 1 heterocycles. The summed E-state index contributed by atoms with van der Waals surface area (Å²) in [5.74, 6) is 0. The lowest BCUT2D eigenvalue weighted by molar-refractivity contribution is 0.269. The Balaban J connectivity index is 2.06. The zero-order valence-electron chi connectivity index (χ0n) is 11.0. The van der Waals surface area contributed by atoms with Gasteiger partial charge in [-0.2, -0.15) is 5.10 Å². The summed E-state index contributed by atoms with van der Waals surface area (Å²) in [6, 6.07) is 4.53. The predicted octanol–water partition coefficient (Wildman–Crippen LogP) is 0.897. The number of primary sulfonamides is 1. The number of nitrogens with one attached hydrogen (secondary N) is 1. The zero-order chi connectivity index (χ0) is 15.5. The Morgan fingerprint density at radius 3 is 2.81 bits per heavy atom. The first-order valence-corrected chi connectivity index (χ1v) is 8.42. The Bertz CT molecular complexity index is 730. The van der Waals surface area contributed by atoms with E-state index in [2.05, 4.69) is 26.3 Å². The molecule has 9 heteroatoms. The lowest BCUT2D eigenvalue weighted by Crippen LogP contribution is -2.12. The van der Waals surface area contributed by atoms with Gasteiger partial charge in [0.2, 0.25) is 10.0 Å². The minimum atomic E-state index is -3.71. The van der Waals surface area contributed by atoms with Crippen molar-refractivity contribution in [2.45, 2.75) is 18.0 Å². The Morgan fingerprint density at radius 1 is 1.43 bits per heavy atom. The lowest BCUT2D eigenvalue weighted by Gasteiger charge is -2.08. The van der Waals surface area contributed by atoms with Crippen molar-refractivity contribution in [2.24, 2.45) is 5.14 Å². The fourth-order valence-electron chi connectivity index (χ4n) is 1.74. The standard InChI is InChI=1S/C12H15BrN4O3S/c13-11-5-10(21(14,19)20)1-2-12(11)15-6-9-7-16-17(8-9)3-4-18/h1-2,5,7-8,15,18H,3-4,6H2,(H2,14,19,20). The Kier molecular flexibility index (Phi) is 4.99. The second-order valence-corrected chi connectivity index (χ2v) is 6.79. The molecular weight excluding hydrogens is 360 g/mol. The molecule has 2 rings (SSSR count). The van der Waals surface area contributed by atoms with E-state index >= 15 is 0 Å². The average Bonchev–Trinajstić information content (AvgIpc) is 2.84. The highest BCUT2D eigenvalue weighted by molar-refractivity contribution is 9.10. The minimum Gasteiger partial charge on any atom is -0.394 e. The quantitative estimate of drug-likeness (QED) is 0.695. The summed E-state index contributed by atoms with van der Waals surface area (Å²) >= 11 is 3.31. The number of anilines is 1. The number of halogens is 1. The largest absolute Gasteiger partial charge is 0.394 e. The zero-order valence-corrected chi connectivity index (χ0v) is 13.4. The third-order valence-corrected chi connectivity index (χ3v) is 4.33. The van der Waals surface area contributed by atoms with E-state index in [1.807, 2.05) is 6.20 Å². The van der Waals surface area contributed by atoms with Crippen molar-refractivity contribution in [3.63, 3.8) is 0 Å². The van der Waals surface area contributed by atoms with Crippen molar-refractivity contribution in [2.75, 3.05) is 11.9 Å². The number of nitrogens with zero attached hydrogens (tertiary/aromatic N) is 2. The molecule has 0 unspecified atom stereocenters. The van der Waals surface area contributed by atoms with Gasteiger partial charge in [-0.15, -0.1) is 0 Å². The van der Waals surface area contributed by atoms with Crippen LogP contribution in [0.3, 0.4) is 0 Å². The molecule has 0 atom stereocenters. The number of nitrogens with two attached hydrogens (primary N) is 1. The first-order valence-electron chi connectivity index (χ1n) is 6.08. The van der Waals surface area contributed by atoms with Crippen LogP contribution in [-0.4, -0.2) is 29.9 Å². The van der Waals surface area contributed by atoms with Crippen LogP contribution in [0.15, 0.2) is 40.0 Å². The molecule has 0 saturated carbocycles. The molecule has 0 fully saturated rings. The van der Waals surface area contributed by atoms with Gasteiger partial charge in [0.15, 0.2) is 0 Å². The second kappa shape index (κ2) is 6.56. The third kappa shape index (κ3) is 4.27. The highest BCUT2D eigenvalue weighted by Crippen LogP contribution is 2.25. The summed E-state index contributed by atoms with van der Waals surface area (Å²) in [4.78, 5) is 0.0516. The Labute approximate surface area is 131 Å². The molecule has 0 aliphatic carbocycles. The number of hydrogen-bond acceptors (Lipinski definition) is 5. The SMILES string of the molecule is NS(=O)(=O)c1ccc(NCc2cnn(CCO)c2)c(Br)c1. The van der Waals surface area contributed by atoms with Gasteiger partial charge in [0, 0.05) is 28.5 Å². The number of aromatic nitrogens is 2. The molecule has 0 saturated heterocycles. The first-order chi connectivity index (χ1) is 9.90. The second-order valence-electron chi connectivity index (χ2n) is 4.38. The van der Waals surface area contributed by atoms with E-state index in [1.165, 1.54) is 12.1 Å². The van der Waals surface area contributed by atoms with Gasteiger partial charge < -0.3 is 10.4 Å². The Morgan fingerprint density at radius 2 is 2.19 bits per heavy atom. The summed E-state index contributed by atoms with van der Waals surface area (Å²) in [5.41, 5.74) is 1.70. The van der Waals surface area contributed by atoms with E-state index in [0.29, 0.717) is 17.6 Å². The van der Waals surface area contributed by atoms with E-state index in [1.54, 1.807) is 16.9 Å². The molecule has 114 valence electrons. The van der Waals surface area contributed by atoms with Crippen LogP contribution in [0.5, 0.6) is 0 Å². The smallest absolute Gasteiger partial charge is 0.238 e. The summed E-state index contributed by atoms with van der Waals surface area (Å²) in [6.45, 7) is 1.01. The molecular formula is C12H15BrN4O3S. The van der Waals surface area contributed by atoms with Gasteiger partial charge >= 0.3 is 0 Å². The normalized spacial score (nSPS) is 11.6. The fourth-order valence-corrected chi connectivity index (χ4v) is 2.95. The van der Waals surface area contributed by atoms with Crippen LogP contribution in [-0.2, 0) is 23.1 Å². The molecule has 0 amide bonds. The summed E-state index contributed by atoms with van der Waals surface area (Å²) in [7, 11) is -3.71. The van der Waals surface area contributed by atoms with Gasteiger partial charge in [-0.25, -0.2) is 13.6 Å². The van der Waals surface area contributed by atoms with Crippen LogP contribution >= 0.6 is 15.9 Å². The lowest BCUT2D eigenvalue weighted by atomic mass is 10.3. The van der Waals surface area contributed by atoms with Crippen LogP contribution in [0.2, 0.25) is 0 Å². The predicted molar refractivity (Wildman–Crippen MR) is 82.2 cm³/mol. The number of benzene rings is 1. The van der Waals surface area contributed by atoms with Gasteiger partial charge in [-0.3, -0.25) is 4.68 Å². The van der Waals surface area contributed by atoms with Crippen molar-refractivity contribution in [3.8, 4) is 0 Å². The van der Waals surface area contributed by atoms with E-state index in [4.69, 9.17) is 10.2 Å². The number of hydrogen-bond donors (Lipinski definition) is 3. The molecule has 1 aromatic carbocycles. The van der Waals surface area contributed by atoms with Crippen molar-refractivity contribution in [1.29, 1.82) is 0 Å². The van der Waals surface area contributed by atoms with Crippen LogP contribution in [0.1, 0.15) is 5.56 Å². The minimum absolute atomic E-state index is 0.0368. The molecule has 7 nitrogen and oxygen atoms in total. The topological polar surface area (TPSA) is 110 Å². The van der Waals surface area contributed by atoms with Crippen molar-refractivity contribution in [1.82, 2.24) is 9.78 Å². The highest BCUT2D eigenvalue weighted by atomic mass is 79.9. The van der Waals surface area contributed by atoms with E-state index < -0.39 is 10.0 Å². The van der Waals surface area contributed by atoms with Crippen LogP contribution in [0.25, 0.3) is 0 Å². The molecule has 0 aliphatic rings. The summed E-state index contributed by atoms with van der Waals surface area (Å²) in [5, 5.41) is 21.2. The number of aliphatic hydroxyl groups is 1. The van der Waals surface area contributed by atoms with Crippen molar-refractivity contribution >= 4 is 31.6 Å². The first kappa shape index (κ1) is 16.0. The molecule has 0 bridgehead atoms. The van der Waals surface area contributed by atoms with E-state index in [0.717, 1.165) is 11.3 Å². The molecule has 0 radical (unpaired) electrons. The molecule has 4 N–H and O–H groups in total. The molecule has 21 heavy (non-hydrogen) atoms. The van der Waals surface area contributed by atoms with E-state index in [9.17, 15) is 8.42 Å². The van der Waals surface area contributed by atoms with Gasteiger partial charge in [-0.05, 0) is 34.1 Å². The third-order valence-electron chi connectivity index (χ3n) is 2.77. The van der Waals surface area contributed by atoms with Crippen LogP contribution in [0, 0.1) is 0 Å². The summed E-state index contributed by atoms with van der Waals surface area (Å²) < 4.78 is 24.7. The van der Waals surface area contributed by atoms with Gasteiger partial charge in [0.1, 0.15) is 0 Å². The van der Waals surface area contributed by atoms with E-state index in [-0.39, 0.29) is 11.5 Å². The van der Waals surface area contributed by atoms with Gasteiger partial charge in [0.05, 0.1) is 24.2 Å². The molecule has 1 aromatic heterocycles. The fraction of sp³-hybridized carbons (Fsp3) is 0.250. The molecule has 2 aromatic rings. The van der Waals surface area contributed by atoms with Crippen molar-refractivity contribution < 1.29 is 13.5 Å². The number of aliphatic hydroxyl groups excluding tert-OH is 1. The number of rotatable bonds is 6. The maximum Gasteiger partial charge on any atom is 0.238 e. The van der Waals surface area contributed by atoms with Crippen molar-refractivity contribution in [3.05, 3.63) is 40.6 Å². The maximum atomic E-state index is 11.2. The van der Waals surface area contributed by atoms with Crippen LogP contribution in [0.4, 0.5) is 5.69 Å². The highest BCUT2D eigenvalue weighted by Gasteiger charge is 2.10. The van der Waals surface area contributed by atoms with Crippen LogP contribution < -0.4 is 10.5 Å². The number of sulfonamides is 1. The maximum absolute atomic E-state index is 11.2. The monoisotopic (exact) mass is 374 g/mol. The summed E-state index contributed by atoms with van der Waals surface area (Å²) in [6.07, 6.45) is 3.53. The Hall–Kier alpha value is -1.42. The van der Waals surface area contributed by atoms with Gasteiger partial charge in [-0.1, -0.05) is 0 Å². The molecule has 0 spiro atoms. The average molecular weight is 375 g/mol. The molecule has 0 aliphatic heterocycles.